The van der Waals surface area contributed by atoms with E-state index in [1.54, 1.807) is 17.7 Å². The van der Waals surface area contributed by atoms with E-state index in [0.717, 1.165) is 64.8 Å². The van der Waals surface area contributed by atoms with Gasteiger partial charge in [0.25, 0.3) is 0 Å². The van der Waals surface area contributed by atoms with E-state index < -0.39 is 0 Å². The van der Waals surface area contributed by atoms with Crippen LogP contribution >= 0.6 is 11.3 Å². The maximum Gasteiger partial charge on any atom is 0.162 e. The van der Waals surface area contributed by atoms with Crippen LogP contribution in [0.4, 0.5) is 0 Å². The van der Waals surface area contributed by atoms with Gasteiger partial charge in [-0.3, -0.25) is 9.78 Å². The van der Waals surface area contributed by atoms with Crippen molar-refractivity contribution < 1.29 is 30.0 Å². The number of pyridine rings is 1. The summed E-state index contributed by atoms with van der Waals surface area (Å²) < 4.78 is 0. The van der Waals surface area contributed by atoms with Crippen LogP contribution in [0.5, 0.6) is 0 Å². The van der Waals surface area contributed by atoms with E-state index in [9.17, 15) is 9.90 Å². The Hall–Kier alpha value is -3.25. The van der Waals surface area contributed by atoms with Crippen molar-refractivity contribution >= 4 is 38.1 Å². The summed E-state index contributed by atoms with van der Waals surface area (Å²) in [5.41, 5.74) is 5.07. The van der Waals surface area contributed by atoms with Crippen LogP contribution in [-0.4, -0.2) is 25.8 Å². The van der Waals surface area contributed by atoms with E-state index in [0.29, 0.717) is 5.92 Å². The van der Waals surface area contributed by atoms with Crippen molar-refractivity contribution in [3.63, 3.8) is 0 Å². The van der Waals surface area contributed by atoms with Gasteiger partial charge < -0.3 is 5.11 Å². The zero-order valence-electron chi connectivity index (χ0n) is 30.6. The second kappa shape index (κ2) is 18.1. The number of aliphatic hydroxyl groups is 1. The van der Waals surface area contributed by atoms with Gasteiger partial charge in [-0.1, -0.05) is 91.5 Å². The Balaban J connectivity index is 0.000000347. The van der Waals surface area contributed by atoms with Gasteiger partial charge in [0.15, 0.2) is 5.78 Å². The minimum Gasteiger partial charge on any atom is -0.512 e. The van der Waals surface area contributed by atoms with Gasteiger partial charge in [-0.25, -0.2) is 9.97 Å². The molecule has 0 unspecified atom stereocenters. The van der Waals surface area contributed by atoms with Crippen LogP contribution < -0.4 is 0 Å². The second-order valence-electron chi connectivity index (χ2n) is 14.1. The van der Waals surface area contributed by atoms with Crippen LogP contribution in [0.1, 0.15) is 98.4 Å². The Bertz CT molecular complexity index is 1860. The third kappa shape index (κ3) is 10.4. The van der Waals surface area contributed by atoms with Crippen LogP contribution in [0.25, 0.3) is 43.5 Å². The molecule has 7 heteroatoms. The number of aromatic nitrogens is 3. The number of carbonyl (C=O) groups excluding carboxylic acids is 1. The van der Waals surface area contributed by atoms with Crippen LogP contribution in [0.2, 0.25) is 0 Å². The summed E-state index contributed by atoms with van der Waals surface area (Å²) in [4.78, 5) is 28.1. The smallest absolute Gasteiger partial charge is 0.162 e. The fourth-order valence-corrected chi connectivity index (χ4v) is 7.25. The number of nitrogens with zero attached hydrogens (tertiary/aromatic N) is 3. The fourth-order valence-electron chi connectivity index (χ4n) is 6.06. The van der Waals surface area contributed by atoms with Crippen molar-refractivity contribution in [2.75, 3.05) is 0 Å². The van der Waals surface area contributed by atoms with E-state index >= 15 is 0 Å². The number of aliphatic hydroxyl groups excluding tert-OH is 1. The van der Waals surface area contributed by atoms with E-state index in [-0.39, 0.29) is 48.9 Å². The molecule has 2 aromatic carbocycles. The summed E-state index contributed by atoms with van der Waals surface area (Å²) in [6.45, 7) is 19.3. The zero-order chi connectivity index (χ0) is 35.0. The zero-order valence-corrected chi connectivity index (χ0v) is 33.8. The van der Waals surface area contributed by atoms with Gasteiger partial charge in [-0.15, -0.1) is 40.5 Å². The summed E-state index contributed by atoms with van der Waals surface area (Å²) >= 11 is 1.79. The third-order valence-corrected chi connectivity index (χ3v) is 10.0. The summed E-state index contributed by atoms with van der Waals surface area (Å²) in [6, 6.07) is 20.8. The van der Waals surface area contributed by atoms with Gasteiger partial charge in [-0.2, -0.15) is 0 Å². The van der Waals surface area contributed by atoms with Gasteiger partial charge in [-0.05, 0) is 61.6 Å². The fraction of sp³-hybridized carbons (Fsp3) is 0.429. The number of ketones is 1. The van der Waals surface area contributed by atoms with E-state index in [1.165, 1.54) is 27.3 Å². The molecular weight excluding hydrogens is 803 g/mol. The monoisotopic (exact) mass is 855 g/mol. The molecule has 0 aliphatic carbocycles. The molecule has 0 fully saturated rings. The van der Waals surface area contributed by atoms with Gasteiger partial charge in [0, 0.05) is 65.7 Å². The first-order valence-corrected chi connectivity index (χ1v) is 18.3. The predicted molar refractivity (Wildman–Crippen MR) is 204 cm³/mol. The Morgan fingerprint density at radius 1 is 0.898 bits per heavy atom. The first-order valence-electron chi connectivity index (χ1n) is 17.5. The molecule has 0 atom stereocenters. The van der Waals surface area contributed by atoms with Crippen molar-refractivity contribution in [1.82, 2.24) is 15.0 Å². The molecule has 3 aromatic heterocycles. The van der Waals surface area contributed by atoms with E-state index in [1.807, 2.05) is 33.9 Å². The van der Waals surface area contributed by atoms with E-state index in [2.05, 4.69) is 99.2 Å². The van der Waals surface area contributed by atoms with Gasteiger partial charge in [0.05, 0.1) is 11.5 Å². The topological polar surface area (TPSA) is 76.0 Å². The summed E-state index contributed by atoms with van der Waals surface area (Å²) in [7, 11) is 0. The molecular formula is C42H52IrN3O2S-. The van der Waals surface area contributed by atoms with Gasteiger partial charge in [0.2, 0.25) is 0 Å². The van der Waals surface area contributed by atoms with Crippen molar-refractivity contribution in [3.8, 4) is 22.5 Å². The first kappa shape index (κ1) is 40.2. The minimum atomic E-state index is 0. The molecule has 1 radical (unpaired) electrons. The van der Waals surface area contributed by atoms with Gasteiger partial charge >= 0.3 is 0 Å². The number of thiophene rings is 1. The Morgan fingerprint density at radius 2 is 1.55 bits per heavy atom. The summed E-state index contributed by atoms with van der Waals surface area (Å²) in [5.74, 6) is 1.18. The molecule has 3 heterocycles. The number of rotatable bonds is 11. The molecule has 263 valence electrons. The number of allylic oxidation sites excluding steroid dienone is 2. The predicted octanol–water partition coefficient (Wildman–Crippen LogP) is 11.7. The largest absolute Gasteiger partial charge is 0.512 e. The molecule has 0 aliphatic rings. The van der Waals surface area contributed by atoms with Gasteiger partial charge in [0.1, 0.15) is 11.2 Å². The molecule has 0 bridgehead atoms. The molecule has 0 saturated heterocycles. The normalized spacial score (nSPS) is 12.0. The van der Waals surface area contributed by atoms with E-state index in [4.69, 9.17) is 4.98 Å². The summed E-state index contributed by atoms with van der Waals surface area (Å²) in [5, 5.41) is 13.3. The van der Waals surface area contributed by atoms with Crippen LogP contribution in [0, 0.1) is 23.8 Å². The average Bonchev–Trinajstić information content (AvgIpc) is 3.46. The Kier molecular flexibility index (Phi) is 14.9. The average molecular weight is 855 g/mol. The number of fused-ring (bicyclic) bond motifs is 2. The molecule has 5 nitrogen and oxygen atoms in total. The molecule has 0 spiro atoms. The summed E-state index contributed by atoms with van der Waals surface area (Å²) in [6.07, 6.45) is 9.56. The third-order valence-electron chi connectivity index (χ3n) is 8.94. The van der Waals surface area contributed by atoms with Crippen LogP contribution in [-0.2, 0) is 36.7 Å². The number of benzene rings is 2. The SMILES string of the molecule is CC(C)Cc1cc2cc(-c3cc(-c4[c-]c5ccccc5c(C(C)(C)C)c4)ncn3)cnc2s1.CCC(CC)C(=O)/C=C(\O)C(CC)CC.[Ir]. The van der Waals surface area contributed by atoms with Crippen LogP contribution in [0.15, 0.2) is 72.9 Å². The number of hydrogen-bond donors (Lipinski definition) is 1. The van der Waals surface area contributed by atoms with Crippen molar-refractivity contribution in [2.24, 2.45) is 17.8 Å². The molecule has 0 aliphatic heterocycles. The Labute approximate surface area is 311 Å². The standard InChI is InChI=1S/C29H28N3S.C13H24O2.Ir/c1-18(2)10-23-13-21-12-22(16-30-28(21)33-23)27-15-26(31-17-32-27)20-11-19-8-6-7-9-24(19)25(14-20)29(3,4)5;1-5-10(6-2)12(14)9-13(15)11(7-3)8-4;/h6-9,12-18H,10H2,1-5H3;9-11,14H,5-8H2,1-4H3;/q-1;;/b;12-9-;. The maximum absolute atomic E-state index is 11.7. The molecule has 0 saturated carbocycles. The molecule has 49 heavy (non-hydrogen) atoms. The molecule has 5 aromatic rings. The number of carbonyl (C=O) groups is 1. The number of hydrogen-bond acceptors (Lipinski definition) is 6. The van der Waals surface area contributed by atoms with Crippen molar-refractivity contribution in [2.45, 2.75) is 99.8 Å². The second-order valence-corrected chi connectivity index (χ2v) is 15.2. The Morgan fingerprint density at radius 3 is 2.18 bits per heavy atom. The first-order chi connectivity index (χ1) is 22.9. The molecule has 1 N–H and O–H groups in total. The van der Waals surface area contributed by atoms with Crippen molar-refractivity contribution in [3.05, 3.63) is 89.4 Å². The van der Waals surface area contributed by atoms with Crippen LogP contribution in [0.3, 0.4) is 0 Å². The quantitative estimate of drug-likeness (QED) is 0.0814. The van der Waals surface area contributed by atoms with Crippen molar-refractivity contribution in [1.29, 1.82) is 0 Å². The molecule has 5 rings (SSSR count). The minimum absolute atomic E-state index is 0. The molecule has 0 amide bonds. The maximum atomic E-state index is 11.7.